The van der Waals surface area contributed by atoms with Gasteiger partial charge in [-0.25, -0.2) is 0 Å². The quantitative estimate of drug-likeness (QED) is 0.755. The Morgan fingerprint density at radius 1 is 1.24 bits per heavy atom. The summed E-state index contributed by atoms with van der Waals surface area (Å²) in [6.07, 6.45) is 6.93. The molecule has 0 amide bonds. The summed E-state index contributed by atoms with van der Waals surface area (Å²) in [7, 11) is 0. The summed E-state index contributed by atoms with van der Waals surface area (Å²) in [6, 6.07) is 5.49. The van der Waals surface area contributed by atoms with Crippen molar-refractivity contribution >= 4 is 15.9 Å². The van der Waals surface area contributed by atoms with Crippen LogP contribution in [-0.2, 0) is 13.0 Å². The van der Waals surface area contributed by atoms with Crippen molar-refractivity contribution in [2.45, 2.75) is 51.6 Å². The van der Waals surface area contributed by atoms with Gasteiger partial charge < -0.3 is 0 Å². The van der Waals surface area contributed by atoms with Crippen LogP contribution >= 0.6 is 15.9 Å². The molecule has 0 spiro atoms. The van der Waals surface area contributed by atoms with Gasteiger partial charge in [0.15, 0.2) is 0 Å². The first kappa shape index (κ1) is 11.7. The Labute approximate surface area is 112 Å². The summed E-state index contributed by atoms with van der Waals surface area (Å²) in [5, 5.41) is 0. The maximum Gasteiger partial charge on any atom is 0.0240 e. The second-order valence-electron chi connectivity index (χ2n) is 5.54. The largest absolute Gasteiger partial charge is 0.296 e. The van der Waals surface area contributed by atoms with E-state index in [9.17, 15) is 0 Å². The van der Waals surface area contributed by atoms with E-state index in [1.807, 2.05) is 0 Å². The van der Waals surface area contributed by atoms with Crippen molar-refractivity contribution in [1.29, 1.82) is 0 Å². The van der Waals surface area contributed by atoms with Gasteiger partial charge in [-0.15, -0.1) is 0 Å². The molecule has 2 heteroatoms. The number of hydrogen-bond acceptors (Lipinski definition) is 1. The van der Waals surface area contributed by atoms with E-state index in [0.717, 1.165) is 6.04 Å². The molecule has 92 valence electrons. The maximum absolute atomic E-state index is 3.72. The molecule has 0 radical (unpaired) electrons. The molecule has 1 aliphatic carbocycles. The fraction of sp³-hybridized carbons (Fsp3) is 0.600. The average molecular weight is 294 g/mol. The highest BCUT2D eigenvalue weighted by atomic mass is 79.9. The molecule has 0 unspecified atom stereocenters. The van der Waals surface area contributed by atoms with Crippen LogP contribution in [0.5, 0.6) is 0 Å². The SMILES string of the molecule is Cc1cc(Br)c2c(c1)CN(C1CCCC1)CC2. The number of nitrogens with zero attached hydrogens (tertiary/aromatic N) is 1. The predicted octanol–water partition coefficient (Wildman–Crippen LogP) is 4.06. The normalized spacial score (nSPS) is 21.8. The van der Waals surface area contributed by atoms with Crippen LogP contribution in [0.15, 0.2) is 16.6 Å². The van der Waals surface area contributed by atoms with E-state index in [1.165, 1.54) is 55.2 Å². The first-order chi connectivity index (χ1) is 8.24. The van der Waals surface area contributed by atoms with E-state index >= 15 is 0 Å². The van der Waals surface area contributed by atoms with Crippen molar-refractivity contribution < 1.29 is 0 Å². The summed E-state index contributed by atoms with van der Waals surface area (Å²) in [5.74, 6) is 0. The predicted molar refractivity (Wildman–Crippen MR) is 75.2 cm³/mol. The van der Waals surface area contributed by atoms with Crippen molar-refractivity contribution in [3.05, 3.63) is 33.3 Å². The molecular formula is C15H20BrN. The lowest BCUT2D eigenvalue weighted by molar-refractivity contribution is 0.181. The van der Waals surface area contributed by atoms with Gasteiger partial charge in [0, 0.05) is 23.6 Å². The summed E-state index contributed by atoms with van der Waals surface area (Å²) in [6.45, 7) is 4.61. The standard InChI is InChI=1S/C15H20BrN/c1-11-8-12-10-17(13-4-2-3-5-13)7-6-14(12)15(16)9-11/h8-9,13H,2-7,10H2,1H3. The van der Waals surface area contributed by atoms with Gasteiger partial charge in [0.1, 0.15) is 0 Å². The lowest BCUT2D eigenvalue weighted by Crippen LogP contribution is -2.37. The summed E-state index contributed by atoms with van der Waals surface area (Å²) in [4.78, 5) is 2.71. The topological polar surface area (TPSA) is 3.24 Å². The molecule has 1 fully saturated rings. The Hall–Kier alpha value is -0.340. The van der Waals surface area contributed by atoms with Gasteiger partial charge in [-0.2, -0.15) is 0 Å². The first-order valence-corrected chi connectivity index (χ1v) is 7.55. The zero-order valence-electron chi connectivity index (χ0n) is 10.5. The van der Waals surface area contributed by atoms with E-state index in [1.54, 1.807) is 11.1 Å². The summed E-state index contributed by atoms with van der Waals surface area (Å²) >= 11 is 3.72. The van der Waals surface area contributed by atoms with Gasteiger partial charge in [0.05, 0.1) is 0 Å². The van der Waals surface area contributed by atoms with Gasteiger partial charge in [0.2, 0.25) is 0 Å². The molecule has 1 aromatic rings. The third-order valence-corrected chi connectivity index (χ3v) is 5.00. The number of rotatable bonds is 1. The zero-order chi connectivity index (χ0) is 11.8. The fourth-order valence-electron chi connectivity index (χ4n) is 3.40. The van der Waals surface area contributed by atoms with Crippen LogP contribution in [-0.4, -0.2) is 17.5 Å². The van der Waals surface area contributed by atoms with Crippen LogP contribution in [0.3, 0.4) is 0 Å². The van der Waals surface area contributed by atoms with Crippen molar-refractivity contribution in [3.8, 4) is 0 Å². The zero-order valence-corrected chi connectivity index (χ0v) is 12.1. The minimum atomic E-state index is 0.863. The van der Waals surface area contributed by atoms with Gasteiger partial charge in [-0.05, 0) is 48.9 Å². The lowest BCUT2D eigenvalue weighted by atomic mass is 9.96. The highest BCUT2D eigenvalue weighted by Crippen LogP contribution is 2.32. The van der Waals surface area contributed by atoms with E-state index in [0.29, 0.717) is 0 Å². The number of aryl methyl sites for hydroxylation is 1. The molecule has 0 N–H and O–H groups in total. The third kappa shape index (κ3) is 2.30. The molecule has 17 heavy (non-hydrogen) atoms. The smallest absolute Gasteiger partial charge is 0.0240 e. The third-order valence-electron chi connectivity index (χ3n) is 4.30. The van der Waals surface area contributed by atoms with Crippen molar-refractivity contribution in [3.63, 3.8) is 0 Å². The van der Waals surface area contributed by atoms with Gasteiger partial charge >= 0.3 is 0 Å². The molecule has 3 rings (SSSR count). The fourth-order valence-corrected chi connectivity index (χ4v) is 4.21. The molecule has 2 aliphatic rings. The molecule has 0 aromatic heterocycles. The van der Waals surface area contributed by atoms with E-state index in [2.05, 4.69) is 39.9 Å². The first-order valence-electron chi connectivity index (χ1n) is 6.76. The Bertz CT molecular complexity index is 421. The number of benzene rings is 1. The second kappa shape index (κ2) is 4.74. The minimum Gasteiger partial charge on any atom is -0.296 e. The van der Waals surface area contributed by atoms with Crippen LogP contribution in [0, 0.1) is 6.92 Å². The molecule has 1 nitrogen and oxygen atoms in total. The number of halogens is 1. The van der Waals surface area contributed by atoms with Gasteiger partial charge in [-0.3, -0.25) is 4.90 Å². The van der Waals surface area contributed by atoms with Crippen LogP contribution in [0.4, 0.5) is 0 Å². The number of fused-ring (bicyclic) bond motifs is 1. The van der Waals surface area contributed by atoms with E-state index in [4.69, 9.17) is 0 Å². The highest BCUT2D eigenvalue weighted by molar-refractivity contribution is 9.10. The monoisotopic (exact) mass is 293 g/mol. The molecule has 1 aromatic carbocycles. The summed E-state index contributed by atoms with van der Waals surface area (Å²) in [5.41, 5.74) is 4.48. The van der Waals surface area contributed by atoms with Crippen LogP contribution < -0.4 is 0 Å². The molecule has 0 bridgehead atoms. The molecule has 1 heterocycles. The Balaban J connectivity index is 1.84. The average Bonchev–Trinajstić information content (AvgIpc) is 2.81. The van der Waals surface area contributed by atoms with Crippen molar-refractivity contribution in [2.24, 2.45) is 0 Å². The van der Waals surface area contributed by atoms with E-state index in [-0.39, 0.29) is 0 Å². The molecule has 0 atom stereocenters. The maximum atomic E-state index is 3.72. The van der Waals surface area contributed by atoms with Crippen LogP contribution in [0.2, 0.25) is 0 Å². The van der Waals surface area contributed by atoms with Crippen LogP contribution in [0.1, 0.15) is 42.4 Å². The van der Waals surface area contributed by atoms with E-state index < -0.39 is 0 Å². The molecule has 0 saturated heterocycles. The Morgan fingerprint density at radius 3 is 2.76 bits per heavy atom. The molecular weight excluding hydrogens is 274 g/mol. The molecule has 1 saturated carbocycles. The van der Waals surface area contributed by atoms with Crippen molar-refractivity contribution in [2.75, 3.05) is 6.54 Å². The second-order valence-corrected chi connectivity index (χ2v) is 6.40. The molecule has 1 aliphatic heterocycles. The van der Waals surface area contributed by atoms with Gasteiger partial charge in [-0.1, -0.05) is 34.8 Å². The lowest BCUT2D eigenvalue weighted by Gasteiger charge is -2.34. The highest BCUT2D eigenvalue weighted by Gasteiger charge is 2.26. The number of hydrogen-bond donors (Lipinski definition) is 0. The Kier molecular flexibility index (Phi) is 3.27. The minimum absolute atomic E-state index is 0.863. The van der Waals surface area contributed by atoms with Crippen LogP contribution in [0.25, 0.3) is 0 Å². The van der Waals surface area contributed by atoms with Gasteiger partial charge in [0.25, 0.3) is 0 Å². The Morgan fingerprint density at radius 2 is 2.00 bits per heavy atom. The summed E-state index contributed by atoms with van der Waals surface area (Å²) < 4.78 is 1.32. The van der Waals surface area contributed by atoms with Crippen molar-refractivity contribution in [1.82, 2.24) is 4.90 Å².